The van der Waals surface area contributed by atoms with E-state index in [0.717, 1.165) is 25.7 Å². The molecule has 1 aliphatic rings. The van der Waals surface area contributed by atoms with Gasteiger partial charge in [-0.25, -0.2) is 4.79 Å². The lowest BCUT2D eigenvalue weighted by Gasteiger charge is -2.26. The fraction of sp³-hybridized carbons (Fsp3) is 0.429. The van der Waals surface area contributed by atoms with Gasteiger partial charge in [-0.15, -0.1) is 0 Å². The second kappa shape index (κ2) is 6.38. The van der Waals surface area contributed by atoms with E-state index in [1.54, 1.807) is 24.3 Å². The average Bonchev–Trinajstić information content (AvgIpc) is 2.41. The molecule has 0 radical (unpaired) electrons. The van der Waals surface area contributed by atoms with E-state index in [9.17, 15) is 9.59 Å². The third-order valence-corrected chi connectivity index (χ3v) is 3.50. The highest BCUT2D eigenvalue weighted by atomic mass is 16.2. The van der Waals surface area contributed by atoms with Gasteiger partial charge in [-0.1, -0.05) is 6.07 Å². The Morgan fingerprint density at radius 2 is 1.85 bits per heavy atom. The molecule has 1 aliphatic carbocycles. The van der Waals surface area contributed by atoms with E-state index >= 15 is 0 Å². The van der Waals surface area contributed by atoms with E-state index < -0.39 is 6.03 Å². The Labute approximate surface area is 117 Å². The summed E-state index contributed by atoms with van der Waals surface area (Å²) >= 11 is 0. The van der Waals surface area contributed by atoms with Gasteiger partial charge in [0, 0.05) is 23.3 Å². The van der Waals surface area contributed by atoms with Gasteiger partial charge >= 0.3 is 6.03 Å². The SMILES string of the molecule is NC(=O)Nc1cccc(C(=O)NC2CCC(N)CC2)c1. The highest BCUT2D eigenvalue weighted by Crippen LogP contribution is 2.18. The first-order valence-electron chi connectivity index (χ1n) is 6.77. The van der Waals surface area contributed by atoms with Gasteiger partial charge in [-0.05, 0) is 43.9 Å². The lowest BCUT2D eigenvalue weighted by atomic mass is 9.91. The normalized spacial score (nSPS) is 22.1. The second-order valence-electron chi connectivity index (χ2n) is 5.16. The number of hydrogen-bond acceptors (Lipinski definition) is 3. The Kier molecular flexibility index (Phi) is 4.57. The molecule has 6 N–H and O–H groups in total. The molecular weight excluding hydrogens is 256 g/mol. The lowest BCUT2D eigenvalue weighted by Crippen LogP contribution is -2.40. The van der Waals surface area contributed by atoms with Crippen LogP contribution in [-0.4, -0.2) is 24.0 Å². The third-order valence-electron chi connectivity index (χ3n) is 3.50. The summed E-state index contributed by atoms with van der Waals surface area (Å²) in [7, 11) is 0. The van der Waals surface area contributed by atoms with E-state index in [4.69, 9.17) is 11.5 Å². The Morgan fingerprint density at radius 1 is 1.15 bits per heavy atom. The summed E-state index contributed by atoms with van der Waals surface area (Å²) in [5.74, 6) is -0.140. The molecule has 0 heterocycles. The number of nitrogens with one attached hydrogen (secondary N) is 2. The first-order chi connectivity index (χ1) is 9.54. The number of carbonyl (C=O) groups excluding carboxylic acids is 2. The minimum Gasteiger partial charge on any atom is -0.351 e. The number of rotatable bonds is 3. The van der Waals surface area contributed by atoms with Crippen LogP contribution in [0.15, 0.2) is 24.3 Å². The van der Waals surface area contributed by atoms with E-state index in [1.165, 1.54) is 0 Å². The number of hydrogen-bond donors (Lipinski definition) is 4. The Balaban J connectivity index is 1.96. The largest absolute Gasteiger partial charge is 0.351 e. The monoisotopic (exact) mass is 276 g/mol. The molecule has 1 saturated carbocycles. The summed E-state index contributed by atoms with van der Waals surface area (Å²) < 4.78 is 0. The van der Waals surface area contributed by atoms with Crippen molar-refractivity contribution in [1.82, 2.24) is 5.32 Å². The summed E-state index contributed by atoms with van der Waals surface area (Å²) in [6, 6.07) is 6.48. The van der Waals surface area contributed by atoms with Crippen molar-refractivity contribution in [2.45, 2.75) is 37.8 Å². The number of amides is 3. The molecule has 2 rings (SSSR count). The van der Waals surface area contributed by atoms with E-state index in [2.05, 4.69) is 10.6 Å². The zero-order valence-corrected chi connectivity index (χ0v) is 11.3. The summed E-state index contributed by atoms with van der Waals surface area (Å²) in [6.07, 6.45) is 3.70. The molecular formula is C14H20N4O2. The first-order valence-corrected chi connectivity index (χ1v) is 6.77. The highest BCUT2D eigenvalue weighted by Gasteiger charge is 2.20. The van der Waals surface area contributed by atoms with Crippen molar-refractivity contribution in [3.05, 3.63) is 29.8 Å². The van der Waals surface area contributed by atoms with Crippen LogP contribution in [0, 0.1) is 0 Å². The van der Waals surface area contributed by atoms with Crippen LogP contribution in [0.4, 0.5) is 10.5 Å². The Hall–Kier alpha value is -2.08. The van der Waals surface area contributed by atoms with Gasteiger partial charge in [-0.2, -0.15) is 0 Å². The summed E-state index contributed by atoms with van der Waals surface area (Å²) in [5, 5.41) is 5.45. The molecule has 1 aromatic carbocycles. The Morgan fingerprint density at radius 3 is 2.50 bits per heavy atom. The fourth-order valence-corrected chi connectivity index (χ4v) is 2.41. The van der Waals surface area contributed by atoms with Crippen LogP contribution in [0.2, 0.25) is 0 Å². The van der Waals surface area contributed by atoms with Crippen molar-refractivity contribution < 1.29 is 9.59 Å². The molecule has 0 spiro atoms. The standard InChI is InChI=1S/C14H20N4O2/c15-10-4-6-11(7-5-10)17-13(19)9-2-1-3-12(8-9)18-14(16)20/h1-3,8,10-11H,4-7,15H2,(H,17,19)(H3,16,18,20). The van der Waals surface area contributed by atoms with Crippen molar-refractivity contribution in [2.75, 3.05) is 5.32 Å². The van der Waals surface area contributed by atoms with Crippen molar-refractivity contribution in [1.29, 1.82) is 0 Å². The topological polar surface area (TPSA) is 110 Å². The van der Waals surface area contributed by atoms with E-state index in [1.807, 2.05) is 0 Å². The smallest absolute Gasteiger partial charge is 0.316 e. The molecule has 20 heavy (non-hydrogen) atoms. The van der Waals surface area contributed by atoms with Crippen molar-refractivity contribution in [3.63, 3.8) is 0 Å². The summed E-state index contributed by atoms with van der Waals surface area (Å²) in [5.41, 5.74) is 11.9. The predicted octanol–water partition coefficient (Wildman–Crippen LogP) is 1.18. The van der Waals surface area contributed by atoms with Crippen LogP contribution in [0.3, 0.4) is 0 Å². The second-order valence-corrected chi connectivity index (χ2v) is 5.16. The molecule has 108 valence electrons. The quantitative estimate of drug-likeness (QED) is 0.665. The summed E-state index contributed by atoms with van der Waals surface area (Å²) in [4.78, 5) is 22.9. The minimum absolute atomic E-state index is 0.140. The van der Waals surface area contributed by atoms with Crippen molar-refractivity contribution in [2.24, 2.45) is 11.5 Å². The van der Waals surface area contributed by atoms with Crippen molar-refractivity contribution >= 4 is 17.6 Å². The number of benzene rings is 1. The minimum atomic E-state index is -0.649. The first kappa shape index (κ1) is 14.3. The molecule has 0 saturated heterocycles. The molecule has 0 bridgehead atoms. The van der Waals surface area contributed by atoms with E-state index in [-0.39, 0.29) is 18.0 Å². The molecule has 6 heteroatoms. The van der Waals surface area contributed by atoms with Gasteiger partial charge in [-0.3, -0.25) is 4.79 Å². The predicted molar refractivity (Wildman–Crippen MR) is 77.3 cm³/mol. The van der Waals surface area contributed by atoms with Crippen LogP contribution in [0.1, 0.15) is 36.0 Å². The fourth-order valence-electron chi connectivity index (χ4n) is 2.41. The van der Waals surface area contributed by atoms with Crippen molar-refractivity contribution in [3.8, 4) is 0 Å². The number of urea groups is 1. The zero-order valence-electron chi connectivity index (χ0n) is 11.3. The molecule has 0 aliphatic heterocycles. The number of nitrogens with two attached hydrogens (primary N) is 2. The van der Waals surface area contributed by atoms with Gasteiger partial charge in [0.05, 0.1) is 0 Å². The molecule has 0 unspecified atom stereocenters. The van der Waals surface area contributed by atoms with Gasteiger partial charge in [0.1, 0.15) is 0 Å². The molecule has 1 aromatic rings. The van der Waals surface area contributed by atoms with Crippen LogP contribution in [0.25, 0.3) is 0 Å². The Bertz CT molecular complexity index is 496. The maximum Gasteiger partial charge on any atom is 0.316 e. The zero-order chi connectivity index (χ0) is 14.5. The molecule has 0 aromatic heterocycles. The lowest BCUT2D eigenvalue weighted by molar-refractivity contribution is 0.0926. The molecule has 3 amide bonds. The van der Waals surface area contributed by atoms with Gasteiger partial charge in [0.25, 0.3) is 5.91 Å². The van der Waals surface area contributed by atoms with Crippen LogP contribution in [0.5, 0.6) is 0 Å². The molecule has 1 fully saturated rings. The van der Waals surface area contributed by atoms with Gasteiger partial charge < -0.3 is 22.1 Å². The third kappa shape index (κ3) is 3.96. The summed E-state index contributed by atoms with van der Waals surface area (Å²) in [6.45, 7) is 0. The molecule has 0 atom stereocenters. The average molecular weight is 276 g/mol. The van der Waals surface area contributed by atoms with Gasteiger partial charge in [0.2, 0.25) is 0 Å². The van der Waals surface area contributed by atoms with E-state index in [0.29, 0.717) is 11.3 Å². The van der Waals surface area contributed by atoms with Crippen LogP contribution >= 0.6 is 0 Å². The maximum atomic E-state index is 12.1. The highest BCUT2D eigenvalue weighted by molar-refractivity contribution is 5.96. The molecule has 6 nitrogen and oxygen atoms in total. The number of primary amides is 1. The number of anilines is 1. The maximum absolute atomic E-state index is 12.1. The van der Waals surface area contributed by atoms with Crippen LogP contribution < -0.4 is 22.1 Å². The van der Waals surface area contributed by atoms with Gasteiger partial charge in [0.15, 0.2) is 0 Å². The number of carbonyl (C=O) groups is 2. The van der Waals surface area contributed by atoms with Crippen LogP contribution in [-0.2, 0) is 0 Å².